The third-order valence-electron chi connectivity index (χ3n) is 5.54. The van der Waals surface area contributed by atoms with E-state index in [4.69, 9.17) is 4.74 Å². The molecule has 33 heavy (non-hydrogen) atoms. The van der Waals surface area contributed by atoms with Gasteiger partial charge in [-0.25, -0.2) is 4.79 Å². The Bertz CT molecular complexity index is 1290. The highest BCUT2D eigenvalue weighted by molar-refractivity contribution is 6.35. The van der Waals surface area contributed by atoms with E-state index >= 15 is 0 Å². The second-order valence-electron chi connectivity index (χ2n) is 7.70. The Labute approximate surface area is 188 Å². The van der Waals surface area contributed by atoms with Crippen molar-refractivity contribution < 1.29 is 27.5 Å². The summed E-state index contributed by atoms with van der Waals surface area (Å²) in [6.07, 6.45) is -2.81. The summed E-state index contributed by atoms with van der Waals surface area (Å²) >= 11 is 0. The SMILES string of the molecule is CCOC(=O)c1ccc(-n2c(C)cc(/C=C3/C(=O)Nc4cc(C(F)(F)F)ccc43)c2C)cc1. The zero-order chi connectivity index (χ0) is 23.9. The molecule has 2 heterocycles. The molecule has 0 atom stereocenters. The number of alkyl halides is 3. The number of ether oxygens (including phenoxy) is 1. The van der Waals surface area contributed by atoms with Crippen LogP contribution in [0.5, 0.6) is 0 Å². The van der Waals surface area contributed by atoms with Crippen molar-refractivity contribution in [1.29, 1.82) is 0 Å². The Balaban J connectivity index is 1.70. The number of hydrogen-bond donors (Lipinski definition) is 1. The maximum atomic E-state index is 13.0. The van der Waals surface area contributed by atoms with Crippen LogP contribution in [0, 0.1) is 13.8 Å². The Morgan fingerprint density at radius 3 is 2.42 bits per heavy atom. The maximum absolute atomic E-state index is 13.0. The minimum atomic E-state index is -4.49. The Hall–Kier alpha value is -3.81. The second-order valence-corrected chi connectivity index (χ2v) is 7.70. The van der Waals surface area contributed by atoms with Gasteiger partial charge in [-0.3, -0.25) is 4.79 Å². The highest BCUT2D eigenvalue weighted by Crippen LogP contribution is 2.39. The summed E-state index contributed by atoms with van der Waals surface area (Å²) in [4.78, 5) is 24.4. The predicted molar refractivity (Wildman–Crippen MR) is 119 cm³/mol. The van der Waals surface area contributed by atoms with Crippen LogP contribution in [-0.4, -0.2) is 23.1 Å². The third kappa shape index (κ3) is 4.16. The van der Waals surface area contributed by atoms with Gasteiger partial charge in [-0.15, -0.1) is 0 Å². The fourth-order valence-corrected chi connectivity index (χ4v) is 3.96. The predicted octanol–water partition coefficient (Wildman–Crippen LogP) is 5.78. The zero-order valence-electron chi connectivity index (χ0n) is 18.2. The molecule has 1 amide bonds. The highest BCUT2D eigenvalue weighted by atomic mass is 19.4. The number of hydrogen-bond acceptors (Lipinski definition) is 3. The van der Waals surface area contributed by atoms with Gasteiger partial charge in [0.2, 0.25) is 0 Å². The van der Waals surface area contributed by atoms with E-state index < -0.39 is 23.6 Å². The normalized spacial score (nSPS) is 14.4. The number of esters is 1. The van der Waals surface area contributed by atoms with Gasteiger partial charge in [0.25, 0.3) is 5.91 Å². The molecule has 1 aromatic heterocycles. The van der Waals surface area contributed by atoms with Crippen LogP contribution in [0.1, 0.15) is 45.4 Å². The lowest BCUT2D eigenvalue weighted by Gasteiger charge is -2.10. The van der Waals surface area contributed by atoms with Crippen molar-refractivity contribution in [2.45, 2.75) is 26.9 Å². The first-order valence-corrected chi connectivity index (χ1v) is 10.3. The van der Waals surface area contributed by atoms with Gasteiger partial charge in [0.05, 0.1) is 17.7 Å². The number of fused-ring (bicyclic) bond motifs is 1. The Morgan fingerprint density at radius 2 is 1.79 bits per heavy atom. The van der Waals surface area contributed by atoms with E-state index in [1.54, 1.807) is 37.3 Å². The smallest absolute Gasteiger partial charge is 0.416 e. The summed E-state index contributed by atoms with van der Waals surface area (Å²) in [6.45, 7) is 5.83. The second kappa shape index (κ2) is 8.27. The van der Waals surface area contributed by atoms with Gasteiger partial charge in [0, 0.05) is 33.9 Å². The molecular weight excluding hydrogens is 433 g/mol. The molecule has 4 rings (SSSR count). The number of rotatable bonds is 4. The van der Waals surface area contributed by atoms with Gasteiger partial charge in [-0.1, -0.05) is 6.07 Å². The average molecular weight is 454 g/mol. The Morgan fingerprint density at radius 1 is 1.09 bits per heavy atom. The molecular formula is C25H21F3N2O3. The first kappa shape index (κ1) is 22.4. The molecule has 8 heteroatoms. The lowest BCUT2D eigenvalue weighted by molar-refractivity contribution is -0.137. The van der Waals surface area contributed by atoms with Crippen LogP contribution in [-0.2, 0) is 15.7 Å². The molecule has 0 radical (unpaired) electrons. The monoisotopic (exact) mass is 454 g/mol. The fourth-order valence-electron chi connectivity index (χ4n) is 3.96. The number of amides is 1. The van der Waals surface area contributed by atoms with Gasteiger partial charge in [0.15, 0.2) is 0 Å². The van der Waals surface area contributed by atoms with E-state index in [2.05, 4.69) is 5.32 Å². The van der Waals surface area contributed by atoms with E-state index in [9.17, 15) is 22.8 Å². The summed E-state index contributed by atoms with van der Waals surface area (Å²) in [5, 5.41) is 2.52. The van der Waals surface area contributed by atoms with Crippen LogP contribution in [0.2, 0.25) is 0 Å². The third-order valence-corrected chi connectivity index (χ3v) is 5.54. The van der Waals surface area contributed by atoms with Gasteiger partial charge in [-0.05, 0) is 74.9 Å². The van der Waals surface area contributed by atoms with Gasteiger partial charge in [-0.2, -0.15) is 13.2 Å². The molecule has 0 spiro atoms. The van der Waals surface area contributed by atoms with Crippen LogP contribution in [0.4, 0.5) is 18.9 Å². The minimum absolute atomic E-state index is 0.143. The van der Waals surface area contributed by atoms with Crippen molar-refractivity contribution in [3.05, 3.63) is 82.2 Å². The molecule has 1 N–H and O–H groups in total. The largest absolute Gasteiger partial charge is 0.462 e. The molecule has 0 fully saturated rings. The number of nitrogens with one attached hydrogen (secondary N) is 1. The molecule has 0 aliphatic carbocycles. The van der Waals surface area contributed by atoms with E-state index in [1.807, 2.05) is 24.5 Å². The van der Waals surface area contributed by atoms with E-state index in [1.165, 1.54) is 6.07 Å². The van der Waals surface area contributed by atoms with Gasteiger partial charge < -0.3 is 14.6 Å². The zero-order valence-corrected chi connectivity index (χ0v) is 18.2. The maximum Gasteiger partial charge on any atom is 0.416 e. The molecule has 170 valence electrons. The van der Waals surface area contributed by atoms with Crippen molar-refractivity contribution in [1.82, 2.24) is 4.57 Å². The van der Waals surface area contributed by atoms with E-state index in [0.717, 1.165) is 34.8 Å². The number of nitrogens with zero attached hydrogens (tertiary/aromatic N) is 1. The number of anilines is 1. The summed E-state index contributed by atoms with van der Waals surface area (Å²) < 4.78 is 46.0. The van der Waals surface area contributed by atoms with Crippen LogP contribution >= 0.6 is 0 Å². The molecule has 1 aliphatic heterocycles. The number of benzene rings is 2. The van der Waals surface area contributed by atoms with E-state index in [-0.39, 0.29) is 5.69 Å². The summed E-state index contributed by atoms with van der Waals surface area (Å²) in [6, 6.07) is 12.1. The molecule has 5 nitrogen and oxygen atoms in total. The molecule has 0 saturated carbocycles. The number of aromatic nitrogens is 1. The van der Waals surface area contributed by atoms with E-state index in [0.29, 0.717) is 23.3 Å². The molecule has 3 aromatic rings. The molecule has 0 unspecified atom stereocenters. The van der Waals surface area contributed by atoms with Crippen molar-refractivity contribution in [2.24, 2.45) is 0 Å². The average Bonchev–Trinajstić information content (AvgIpc) is 3.22. The summed E-state index contributed by atoms with van der Waals surface area (Å²) in [7, 11) is 0. The number of halogens is 3. The highest BCUT2D eigenvalue weighted by Gasteiger charge is 2.33. The Kier molecular flexibility index (Phi) is 5.61. The lowest BCUT2D eigenvalue weighted by atomic mass is 10.0. The molecule has 1 aliphatic rings. The van der Waals surface area contributed by atoms with Crippen molar-refractivity contribution in [3.8, 4) is 5.69 Å². The van der Waals surface area contributed by atoms with Crippen LogP contribution in [0.15, 0.2) is 48.5 Å². The van der Waals surface area contributed by atoms with Crippen molar-refractivity contribution in [2.75, 3.05) is 11.9 Å². The number of carbonyl (C=O) groups is 2. The first-order valence-electron chi connectivity index (χ1n) is 10.3. The van der Waals surface area contributed by atoms with Crippen molar-refractivity contribution >= 4 is 29.2 Å². The topological polar surface area (TPSA) is 60.3 Å². The quantitative estimate of drug-likeness (QED) is 0.401. The van der Waals surface area contributed by atoms with Crippen LogP contribution in [0.3, 0.4) is 0 Å². The summed E-state index contributed by atoms with van der Waals surface area (Å²) in [5.74, 6) is -0.845. The molecule has 2 aromatic carbocycles. The standard InChI is InChI=1S/C25H21F3N2O3/c1-4-33-24(32)16-5-8-19(9-6-16)30-14(2)11-17(15(30)3)12-21-20-10-7-18(25(26,27)28)13-22(20)29-23(21)31/h5-13H,4H2,1-3H3,(H,29,31)/b21-12+. The molecule has 0 bridgehead atoms. The first-order chi connectivity index (χ1) is 15.6. The van der Waals surface area contributed by atoms with Crippen LogP contribution < -0.4 is 5.32 Å². The van der Waals surface area contributed by atoms with Crippen LogP contribution in [0.25, 0.3) is 17.3 Å². The number of aryl methyl sites for hydroxylation is 1. The number of carbonyl (C=O) groups excluding carboxylic acids is 2. The summed E-state index contributed by atoms with van der Waals surface area (Å²) in [5.41, 5.74) is 3.84. The minimum Gasteiger partial charge on any atom is -0.462 e. The molecule has 0 saturated heterocycles. The van der Waals surface area contributed by atoms with Gasteiger partial charge in [0.1, 0.15) is 0 Å². The van der Waals surface area contributed by atoms with Crippen molar-refractivity contribution in [3.63, 3.8) is 0 Å². The lowest BCUT2D eigenvalue weighted by Crippen LogP contribution is -2.06. The van der Waals surface area contributed by atoms with Gasteiger partial charge >= 0.3 is 12.1 Å². The fraction of sp³-hybridized carbons (Fsp3) is 0.200.